The van der Waals surface area contributed by atoms with Crippen LogP contribution in [-0.4, -0.2) is 24.7 Å². The Morgan fingerprint density at radius 3 is 2.62 bits per heavy atom. The second-order valence-corrected chi connectivity index (χ2v) is 3.68. The van der Waals surface area contributed by atoms with Gasteiger partial charge in [0.15, 0.2) is 0 Å². The molecule has 2 rings (SSSR count). The van der Waals surface area contributed by atoms with Crippen molar-refractivity contribution in [2.45, 2.75) is 6.43 Å². The number of nitrogens with zero attached hydrogens (tertiary/aromatic N) is 1. The zero-order chi connectivity index (χ0) is 11.9. The van der Waals surface area contributed by atoms with Crippen LogP contribution in [0.5, 0.6) is 0 Å². The largest absolute Gasteiger partial charge is 0.299 e. The van der Waals surface area contributed by atoms with Gasteiger partial charge < -0.3 is 0 Å². The summed E-state index contributed by atoms with van der Waals surface area (Å²) in [5.74, 6) is -1.75. The molecule has 0 aromatic heterocycles. The quantitative estimate of drug-likeness (QED) is 0.749. The van der Waals surface area contributed by atoms with Crippen molar-refractivity contribution in [2.24, 2.45) is 0 Å². The molecule has 0 N–H and O–H groups in total. The number of ketones is 1. The monoisotopic (exact) mass is 245 g/mol. The third kappa shape index (κ3) is 1.57. The van der Waals surface area contributed by atoms with Crippen molar-refractivity contribution < 1.29 is 18.4 Å². The van der Waals surface area contributed by atoms with E-state index < -0.39 is 24.7 Å². The zero-order valence-electron chi connectivity index (χ0n) is 7.91. The molecule has 0 radical (unpaired) electrons. The highest BCUT2D eigenvalue weighted by molar-refractivity contribution is 6.54. The summed E-state index contributed by atoms with van der Waals surface area (Å²) in [4.78, 5) is 23.6. The summed E-state index contributed by atoms with van der Waals surface area (Å²) >= 11 is 5.79. The van der Waals surface area contributed by atoms with E-state index in [2.05, 4.69) is 0 Å². The van der Waals surface area contributed by atoms with E-state index in [9.17, 15) is 18.4 Å². The summed E-state index contributed by atoms with van der Waals surface area (Å²) < 4.78 is 24.5. The highest BCUT2D eigenvalue weighted by Gasteiger charge is 2.38. The first-order valence-corrected chi connectivity index (χ1v) is 4.83. The molecule has 0 bridgehead atoms. The van der Waals surface area contributed by atoms with E-state index in [1.165, 1.54) is 18.2 Å². The van der Waals surface area contributed by atoms with Crippen molar-refractivity contribution in [3.05, 3.63) is 28.8 Å². The molecule has 1 amide bonds. The molecular formula is C10H6ClF2NO2. The van der Waals surface area contributed by atoms with Crippen molar-refractivity contribution in [1.29, 1.82) is 0 Å². The van der Waals surface area contributed by atoms with Crippen molar-refractivity contribution in [2.75, 3.05) is 11.4 Å². The third-order valence-corrected chi connectivity index (χ3v) is 2.57. The number of alkyl halides is 2. The van der Waals surface area contributed by atoms with Gasteiger partial charge in [-0.15, -0.1) is 0 Å². The molecule has 0 spiro atoms. The predicted octanol–water partition coefficient (Wildman–Crippen LogP) is 2.13. The number of amides is 1. The van der Waals surface area contributed by atoms with E-state index in [1.807, 2.05) is 0 Å². The molecule has 1 heterocycles. The number of Topliss-reactive ketones (excluding diaryl/α,β-unsaturated/α-hetero) is 1. The zero-order valence-corrected chi connectivity index (χ0v) is 8.67. The van der Waals surface area contributed by atoms with Gasteiger partial charge in [0.25, 0.3) is 18.1 Å². The van der Waals surface area contributed by atoms with E-state index in [-0.39, 0.29) is 16.3 Å². The second-order valence-electron chi connectivity index (χ2n) is 3.27. The molecular weight excluding hydrogens is 240 g/mol. The molecule has 0 fully saturated rings. The van der Waals surface area contributed by atoms with Gasteiger partial charge in [0.2, 0.25) is 0 Å². The Balaban J connectivity index is 2.51. The second kappa shape index (κ2) is 3.83. The Bertz CT molecular complexity index is 476. The minimum atomic E-state index is -2.71. The van der Waals surface area contributed by atoms with Crippen molar-refractivity contribution in [3.63, 3.8) is 0 Å². The van der Waals surface area contributed by atoms with Crippen LogP contribution in [-0.2, 0) is 4.79 Å². The Morgan fingerprint density at radius 1 is 1.31 bits per heavy atom. The maximum atomic E-state index is 12.3. The summed E-state index contributed by atoms with van der Waals surface area (Å²) in [5, 5.41) is 0.123. The van der Waals surface area contributed by atoms with Crippen LogP contribution in [0.2, 0.25) is 5.02 Å². The van der Waals surface area contributed by atoms with Crippen LogP contribution in [0.4, 0.5) is 14.5 Å². The fourth-order valence-electron chi connectivity index (χ4n) is 1.62. The van der Waals surface area contributed by atoms with Crippen LogP contribution < -0.4 is 4.90 Å². The SMILES string of the molecule is O=C1C(=O)N(CC(F)F)c2c(Cl)cccc21. The van der Waals surface area contributed by atoms with Gasteiger partial charge in [0.05, 0.1) is 22.8 Å². The molecule has 6 heteroatoms. The summed E-state index contributed by atoms with van der Waals surface area (Å²) in [6, 6.07) is 4.34. The molecule has 0 aliphatic carbocycles. The van der Waals surface area contributed by atoms with Crippen molar-refractivity contribution in [3.8, 4) is 0 Å². The van der Waals surface area contributed by atoms with Gasteiger partial charge in [-0.25, -0.2) is 8.78 Å². The third-order valence-electron chi connectivity index (χ3n) is 2.26. The fourth-order valence-corrected chi connectivity index (χ4v) is 1.90. The lowest BCUT2D eigenvalue weighted by Gasteiger charge is -2.16. The summed E-state index contributed by atoms with van der Waals surface area (Å²) in [7, 11) is 0. The lowest BCUT2D eigenvalue weighted by Crippen LogP contribution is -2.34. The number of carbonyl (C=O) groups excluding carboxylic acids is 2. The molecule has 1 aliphatic rings. The molecule has 1 aliphatic heterocycles. The smallest absolute Gasteiger partial charge is 0.298 e. The minimum absolute atomic E-state index is 0.0816. The van der Waals surface area contributed by atoms with E-state index >= 15 is 0 Å². The lowest BCUT2D eigenvalue weighted by atomic mass is 10.1. The van der Waals surface area contributed by atoms with Crippen LogP contribution in [0.1, 0.15) is 10.4 Å². The number of hydrogen-bond donors (Lipinski definition) is 0. The number of rotatable bonds is 2. The number of halogens is 3. The number of anilines is 1. The standard InChI is InChI=1S/C10H6ClF2NO2/c11-6-3-1-2-5-8(6)14(4-7(12)13)10(16)9(5)15/h1-3,7H,4H2. The van der Waals surface area contributed by atoms with Crippen LogP contribution in [0.3, 0.4) is 0 Å². The normalized spacial score (nSPS) is 14.9. The molecule has 84 valence electrons. The van der Waals surface area contributed by atoms with Crippen LogP contribution in [0, 0.1) is 0 Å². The van der Waals surface area contributed by atoms with Gasteiger partial charge in [-0.3, -0.25) is 14.5 Å². The maximum absolute atomic E-state index is 12.3. The molecule has 0 unspecified atom stereocenters. The first kappa shape index (κ1) is 11.0. The summed E-state index contributed by atoms with van der Waals surface area (Å²) in [6.45, 7) is -0.818. The topological polar surface area (TPSA) is 37.4 Å². The molecule has 3 nitrogen and oxygen atoms in total. The van der Waals surface area contributed by atoms with Crippen LogP contribution in [0.15, 0.2) is 18.2 Å². The van der Waals surface area contributed by atoms with Gasteiger partial charge in [0.1, 0.15) is 0 Å². The highest BCUT2D eigenvalue weighted by Crippen LogP contribution is 2.35. The fraction of sp³-hybridized carbons (Fsp3) is 0.200. The van der Waals surface area contributed by atoms with Crippen molar-refractivity contribution >= 4 is 29.0 Å². The van der Waals surface area contributed by atoms with Gasteiger partial charge in [-0.1, -0.05) is 17.7 Å². The Kier molecular flexibility index (Phi) is 2.63. The van der Waals surface area contributed by atoms with E-state index in [0.29, 0.717) is 0 Å². The van der Waals surface area contributed by atoms with Gasteiger partial charge in [-0.2, -0.15) is 0 Å². The average Bonchev–Trinajstić information content (AvgIpc) is 2.45. The van der Waals surface area contributed by atoms with Gasteiger partial charge in [0, 0.05) is 0 Å². The highest BCUT2D eigenvalue weighted by atomic mass is 35.5. The Labute approximate surface area is 94.6 Å². The number of fused-ring (bicyclic) bond motifs is 1. The van der Waals surface area contributed by atoms with E-state index in [4.69, 9.17) is 11.6 Å². The van der Waals surface area contributed by atoms with Gasteiger partial charge >= 0.3 is 0 Å². The summed E-state index contributed by atoms with van der Waals surface area (Å²) in [6.07, 6.45) is -2.71. The number of para-hydroxylation sites is 1. The van der Waals surface area contributed by atoms with Crippen molar-refractivity contribution in [1.82, 2.24) is 0 Å². The minimum Gasteiger partial charge on any atom is -0.298 e. The van der Waals surface area contributed by atoms with Gasteiger partial charge in [-0.05, 0) is 12.1 Å². The number of hydrogen-bond acceptors (Lipinski definition) is 2. The number of benzene rings is 1. The Hall–Kier alpha value is -1.49. The molecule has 0 saturated heterocycles. The molecule has 0 saturated carbocycles. The lowest BCUT2D eigenvalue weighted by molar-refractivity contribution is -0.114. The molecule has 0 atom stereocenters. The van der Waals surface area contributed by atoms with Crippen LogP contribution >= 0.6 is 11.6 Å². The van der Waals surface area contributed by atoms with E-state index in [1.54, 1.807) is 0 Å². The van der Waals surface area contributed by atoms with E-state index in [0.717, 1.165) is 4.90 Å². The average molecular weight is 246 g/mol. The number of carbonyl (C=O) groups is 2. The van der Waals surface area contributed by atoms with Crippen LogP contribution in [0.25, 0.3) is 0 Å². The predicted molar refractivity (Wildman–Crippen MR) is 54.1 cm³/mol. The first-order chi connectivity index (χ1) is 7.52. The summed E-state index contributed by atoms with van der Waals surface area (Å²) in [5.41, 5.74) is 0.164. The maximum Gasteiger partial charge on any atom is 0.299 e. The Morgan fingerprint density at radius 2 is 2.00 bits per heavy atom. The first-order valence-electron chi connectivity index (χ1n) is 4.45. The molecule has 1 aromatic rings. The molecule has 1 aromatic carbocycles. The molecule has 16 heavy (non-hydrogen) atoms.